The van der Waals surface area contributed by atoms with E-state index < -0.39 is 0 Å². The standard InChI is InChI=1S/C14H20N2O/c1-11(15(2)3)9-12-5-7-16-8-6-13(17-4)10-14(12)16/h5-8,10-11H,9H2,1-4H3. The van der Waals surface area contributed by atoms with E-state index >= 15 is 0 Å². The van der Waals surface area contributed by atoms with Crippen molar-refractivity contribution in [1.29, 1.82) is 0 Å². The van der Waals surface area contributed by atoms with Crippen molar-refractivity contribution < 1.29 is 4.74 Å². The zero-order valence-electron chi connectivity index (χ0n) is 11.0. The van der Waals surface area contributed by atoms with E-state index in [1.165, 1.54) is 11.1 Å². The number of nitrogens with zero attached hydrogens (tertiary/aromatic N) is 2. The second-order valence-electron chi connectivity index (χ2n) is 4.72. The van der Waals surface area contributed by atoms with Crippen LogP contribution >= 0.6 is 0 Å². The Morgan fingerprint density at radius 3 is 2.65 bits per heavy atom. The Kier molecular flexibility index (Phi) is 3.38. The van der Waals surface area contributed by atoms with Crippen LogP contribution in [0, 0.1) is 0 Å². The van der Waals surface area contributed by atoms with Gasteiger partial charge in [0, 0.05) is 24.5 Å². The molecule has 0 spiro atoms. The quantitative estimate of drug-likeness (QED) is 0.805. The Balaban J connectivity index is 2.34. The first-order chi connectivity index (χ1) is 8.11. The van der Waals surface area contributed by atoms with E-state index in [1.807, 2.05) is 12.3 Å². The molecule has 0 N–H and O–H groups in total. The minimum atomic E-state index is 0.535. The molecule has 0 saturated heterocycles. The number of hydrogen-bond donors (Lipinski definition) is 0. The van der Waals surface area contributed by atoms with E-state index in [4.69, 9.17) is 4.74 Å². The summed E-state index contributed by atoms with van der Waals surface area (Å²) in [6.07, 6.45) is 5.20. The van der Waals surface area contributed by atoms with E-state index in [-0.39, 0.29) is 0 Å². The molecular weight excluding hydrogens is 212 g/mol. The van der Waals surface area contributed by atoms with Gasteiger partial charge in [-0.25, -0.2) is 0 Å². The average Bonchev–Trinajstić information content (AvgIpc) is 2.71. The van der Waals surface area contributed by atoms with Gasteiger partial charge in [0.1, 0.15) is 5.75 Å². The highest BCUT2D eigenvalue weighted by Crippen LogP contribution is 2.20. The van der Waals surface area contributed by atoms with Gasteiger partial charge in [-0.1, -0.05) is 0 Å². The molecule has 0 amide bonds. The SMILES string of the molecule is COc1ccn2ccc(CC(C)N(C)C)c2c1. The van der Waals surface area contributed by atoms with Gasteiger partial charge in [0.05, 0.1) is 12.6 Å². The van der Waals surface area contributed by atoms with Crippen molar-refractivity contribution in [3.63, 3.8) is 0 Å². The molecule has 1 unspecified atom stereocenters. The van der Waals surface area contributed by atoms with Crippen molar-refractivity contribution in [2.24, 2.45) is 0 Å². The predicted molar refractivity (Wildman–Crippen MR) is 70.8 cm³/mol. The molecule has 1 atom stereocenters. The van der Waals surface area contributed by atoms with Crippen LogP contribution in [-0.4, -0.2) is 36.5 Å². The molecule has 0 bridgehead atoms. The van der Waals surface area contributed by atoms with Crippen LogP contribution in [0.15, 0.2) is 30.6 Å². The summed E-state index contributed by atoms with van der Waals surface area (Å²) in [6.45, 7) is 2.24. The molecule has 0 saturated carbocycles. The Labute approximate surface area is 103 Å². The smallest absolute Gasteiger partial charge is 0.122 e. The first kappa shape index (κ1) is 12.0. The largest absolute Gasteiger partial charge is 0.497 e. The fourth-order valence-corrected chi connectivity index (χ4v) is 1.94. The third kappa shape index (κ3) is 2.44. The fraction of sp³-hybridized carbons (Fsp3) is 0.429. The zero-order chi connectivity index (χ0) is 12.4. The Morgan fingerprint density at radius 2 is 2.00 bits per heavy atom. The van der Waals surface area contributed by atoms with Gasteiger partial charge in [-0.05, 0) is 45.1 Å². The van der Waals surface area contributed by atoms with Gasteiger partial charge in [0.15, 0.2) is 0 Å². The summed E-state index contributed by atoms with van der Waals surface area (Å²) >= 11 is 0. The van der Waals surface area contributed by atoms with E-state index in [0.29, 0.717) is 6.04 Å². The normalized spacial score (nSPS) is 13.2. The molecule has 2 aromatic rings. The monoisotopic (exact) mass is 232 g/mol. The molecule has 0 fully saturated rings. The highest BCUT2D eigenvalue weighted by molar-refractivity contribution is 5.59. The highest BCUT2D eigenvalue weighted by Gasteiger charge is 2.10. The number of hydrogen-bond acceptors (Lipinski definition) is 2. The lowest BCUT2D eigenvalue weighted by Crippen LogP contribution is -2.26. The molecule has 3 nitrogen and oxygen atoms in total. The average molecular weight is 232 g/mol. The van der Waals surface area contributed by atoms with Crippen molar-refractivity contribution >= 4 is 5.52 Å². The number of ether oxygens (including phenoxy) is 1. The summed E-state index contributed by atoms with van der Waals surface area (Å²) in [7, 11) is 5.93. The second-order valence-corrected chi connectivity index (χ2v) is 4.72. The van der Waals surface area contributed by atoms with Crippen LogP contribution in [0.2, 0.25) is 0 Å². The van der Waals surface area contributed by atoms with Crippen LogP contribution in [-0.2, 0) is 6.42 Å². The number of likely N-dealkylation sites (N-methyl/N-ethyl adjacent to an activating group) is 1. The van der Waals surface area contributed by atoms with Crippen molar-refractivity contribution in [2.75, 3.05) is 21.2 Å². The lowest BCUT2D eigenvalue weighted by atomic mass is 10.1. The number of pyridine rings is 1. The summed E-state index contributed by atoms with van der Waals surface area (Å²) < 4.78 is 7.41. The summed E-state index contributed by atoms with van der Waals surface area (Å²) in [6, 6.07) is 6.80. The summed E-state index contributed by atoms with van der Waals surface area (Å²) in [5.74, 6) is 0.912. The maximum atomic E-state index is 5.28. The molecule has 2 rings (SSSR count). The molecule has 3 heteroatoms. The van der Waals surface area contributed by atoms with Crippen LogP contribution in [0.4, 0.5) is 0 Å². The molecule has 17 heavy (non-hydrogen) atoms. The van der Waals surface area contributed by atoms with Gasteiger partial charge in [-0.3, -0.25) is 0 Å². The summed E-state index contributed by atoms with van der Waals surface area (Å²) in [4.78, 5) is 2.24. The number of methoxy groups -OCH3 is 1. The van der Waals surface area contributed by atoms with Crippen LogP contribution in [0.3, 0.4) is 0 Å². The lowest BCUT2D eigenvalue weighted by Gasteiger charge is -2.19. The minimum absolute atomic E-state index is 0.535. The topological polar surface area (TPSA) is 16.9 Å². The Morgan fingerprint density at radius 1 is 1.29 bits per heavy atom. The molecule has 0 aliphatic rings. The van der Waals surface area contributed by atoms with E-state index in [9.17, 15) is 0 Å². The number of rotatable bonds is 4. The molecule has 0 aliphatic heterocycles. The lowest BCUT2D eigenvalue weighted by molar-refractivity contribution is 0.313. The van der Waals surface area contributed by atoms with Crippen molar-refractivity contribution in [3.8, 4) is 5.75 Å². The third-order valence-electron chi connectivity index (χ3n) is 3.35. The summed E-state index contributed by atoms with van der Waals surface area (Å²) in [5.41, 5.74) is 2.60. The van der Waals surface area contributed by atoms with E-state index in [1.54, 1.807) is 7.11 Å². The van der Waals surface area contributed by atoms with Crippen molar-refractivity contribution in [2.45, 2.75) is 19.4 Å². The zero-order valence-corrected chi connectivity index (χ0v) is 11.0. The van der Waals surface area contributed by atoms with Crippen LogP contribution in [0.5, 0.6) is 5.75 Å². The van der Waals surface area contributed by atoms with Crippen molar-refractivity contribution in [3.05, 3.63) is 36.2 Å². The van der Waals surface area contributed by atoms with E-state index in [0.717, 1.165) is 12.2 Å². The fourth-order valence-electron chi connectivity index (χ4n) is 1.94. The molecule has 0 aliphatic carbocycles. The van der Waals surface area contributed by atoms with Crippen LogP contribution in [0.1, 0.15) is 12.5 Å². The third-order valence-corrected chi connectivity index (χ3v) is 3.35. The Bertz CT molecular complexity index is 502. The van der Waals surface area contributed by atoms with Crippen LogP contribution in [0.25, 0.3) is 5.52 Å². The molecule has 0 aromatic carbocycles. The van der Waals surface area contributed by atoms with Gasteiger partial charge in [-0.2, -0.15) is 0 Å². The molecule has 2 heterocycles. The van der Waals surface area contributed by atoms with Gasteiger partial charge in [-0.15, -0.1) is 0 Å². The first-order valence-corrected chi connectivity index (χ1v) is 5.92. The maximum absolute atomic E-state index is 5.28. The number of fused-ring (bicyclic) bond motifs is 1. The molecule has 92 valence electrons. The number of aromatic nitrogens is 1. The molecular formula is C14H20N2O. The van der Waals surface area contributed by atoms with Gasteiger partial charge >= 0.3 is 0 Å². The second kappa shape index (κ2) is 4.80. The first-order valence-electron chi connectivity index (χ1n) is 5.92. The Hall–Kier alpha value is -1.48. The van der Waals surface area contributed by atoms with Gasteiger partial charge < -0.3 is 14.0 Å². The summed E-state index contributed by atoms with van der Waals surface area (Å²) in [5, 5.41) is 0. The predicted octanol–water partition coefficient (Wildman–Crippen LogP) is 2.44. The minimum Gasteiger partial charge on any atom is -0.497 e. The van der Waals surface area contributed by atoms with Gasteiger partial charge in [0.2, 0.25) is 0 Å². The van der Waals surface area contributed by atoms with Gasteiger partial charge in [0.25, 0.3) is 0 Å². The van der Waals surface area contributed by atoms with E-state index in [2.05, 4.69) is 48.6 Å². The maximum Gasteiger partial charge on any atom is 0.122 e. The van der Waals surface area contributed by atoms with Crippen molar-refractivity contribution in [1.82, 2.24) is 9.30 Å². The van der Waals surface area contributed by atoms with Crippen LogP contribution < -0.4 is 4.74 Å². The highest BCUT2D eigenvalue weighted by atomic mass is 16.5. The molecule has 2 aromatic heterocycles. The molecule has 0 radical (unpaired) electrons.